The Morgan fingerprint density at radius 1 is 1.50 bits per heavy atom. The van der Waals surface area contributed by atoms with Crippen LogP contribution in [0.1, 0.15) is 24.1 Å². The molecule has 1 aromatic heterocycles. The Hall–Kier alpha value is -1.43. The average Bonchev–Trinajstić information content (AvgIpc) is 2.83. The highest BCUT2D eigenvalue weighted by atomic mass is 35.5. The van der Waals surface area contributed by atoms with Gasteiger partial charge in [0.1, 0.15) is 5.82 Å². The second kappa shape index (κ2) is 5.48. The van der Waals surface area contributed by atoms with E-state index in [1.54, 1.807) is 23.0 Å². The van der Waals surface area contributed by atoms with E-state index in [1.165, 1.54) is 6.07 Å². The van der Waals surface area contributed by atoms with Crippen LogP contribution in [0.3, 0.4) is 0 Å². The van der Waals surface area contributed by atoms with Gasteiger partial charge in [0, 0.05) is 18.3 Å². The molecule has 0 saturated heterocycles. The third-order valence-electron chi connectivity index (χ3n) is 2.75. The molecule has 2 aromatic rings. The van der Waals surface area contributed by atoms with E-state index < -0.39 is 5.82 Å². The molecule has 0 radical (unpaired) electrons. The van der Waals surface area contributed by atoms with E-state index in [-0.39, 0.29) is 11.1 Å². The Morgan fingerprint density at radius 3 is 2.83 bits per heavy atom. The van der Waals surface area contributed by atoms with Crippen LogP contribution in [0, 0.1) is 5.82 Å². The number of halogens is 2. The van der Waals surface area contributed by atoms with Crippen LogP contribution in [0.25, 0.3) is 0 Å². The normalized spacial score (nSPS) is 12.7. The third kappa shape index (κ3) is 2.53. The zero-order valence-electron chi connectivity index (χ0n) is 9.90. The van der Waals surface area contributed by atoms with Crippen LogP contribution in [-0.2, 0) is 6.54 Å². The summed E-state index contributed by atoms with van der Waals surface area (Å²) in [6, 6.07) is 4.27. The van der Waals surface area contributed by atoms with Crippen molar-refractivity contribution in [3.63, 3.8) is 0 Å². The van der Waals surface area contributed by atoms with Crippen molar-refractivity contribution in [3.05, 3.63) is 52.6 Å². The number of benzene rings is 1. The Labute approximate surface area is 110 Å². The number of aryl methyl sites for hydroxylation is 1. The molecule has 1 atom stereocenters. The largest absolute Gasteiger partial charge is 0.273 e. The second-order valence-electron chi connectivity index (χ2n) is 3.90. The molecule has 0 amide bonds. The minimum absolute atomic E-state index is 0.0793. The maximum atomic E-state index is 13.1. The zero-order valence-corrected chi connectivity index (χ0v) is 10.7. The maximum absolute atomic E-state index is 13.1. The van der Waals surface area contributed by atoms with Gasteiger partial charge in [-0.1, -0.05) is 17.7 Å². The summed E-state index contributed by atoms with van der Waals surface area (Å²) in [5, 5.41) is 4.26. The van der Waals surface area contributed by atoms with Crippen molar-refractivity contribution in [2.75, 3.05) is 0 Å². The summed E-state index contributed by atoms with van der Waals surface area (Å²) < 4.78 is 14.9. The smallest absolute Gasteiger partial charge is 0.141 e. The predicted octanol–water partition coefficient (Wildman–Crippen LogP) is 2.25. The van der Waals surface area contributed by atoms with Gasteiger partial charge in [-0.15, -0.1) is 0 Å². The molecule has 1 heterocycles. The minimum Gasteiger partial charge on any atom is -0.273 e. The van der Waals surface area contributed by atoms with E-state index in [0.29, 0.717) is 0 Å². The lowest BCUT2D eigenvalue weighted by Gasteiger charge is -2.15. The highest BCUT2D eigenvalue weighted by Crippen LogP contribution is 2.25. The number of rotatable bonds is 4. The second-order valence-corrected chi connectivity index (χ2v) is 4.31. The predicted molar refractivity (Wildman–Crippen MR) is 68.5 cm³/mol. The van der Waals surface area contributed by atoms with Crippen LogP contribution in [0.5, 0.6) is 0 Å². The SMILES string of the molecule is CCn1cc(C(NN)c2ccc(F)c(Cl)c2)cn1. The molecule has 3 N–H and O–H groups in total. The first-order valence-corrected chi connectivity index (χ1v) is 5.97. The Kier molecular flexibility index (Phi) is 3.96. The van der Waals surface area contributed by atoms with Gasteiger partial charge in [0.25, 0.3) is 0 Å². The molecular weight excluding hydrogens is 255 g/mol. The Balaban J connectivity index is 2.35. The van der Waals surface area contributed by atoms with Crippen molar-refractivity contribution in [2.24, 2.45) is 5.84 Å². The van der Waals surface area contributed by atoms with Gasteiger partial charge in [-0.25, -0.2) is 9.82 Å². The quantitative estimate of drug-likeness (QED) is 0.661. The Morgan fingerprint density at radius 2 is 2.28 bits per heavy atom. The summed E-state index contributed by atoms with van der Waals surface area (Å²) in [6.45, 7) is 2.78. The van der Waals surface area contributed by atoms with Crippen molar-refractivity contribution in [2.45, 2.75) is 19.5 Å². The van der Waals surface area contributed by atoms with Gasteiger partial charge in [0.2, 0.25) is 0 Å². The maximum Gasteiger partial charge on any atom is 0.141 e. The van der Waals surface area contributed by atoms with Crippen molar-refractivity contribution in [1.29, 1.82) is 0 Å². The molecule has 2 rings (SSSR count). The molecule has 96 valence electrons. The molecular formula is C12H14ClFN4. The first-order chi connectivity index (χ1) is 8.65. The third-order valence-corrected chi connectivity index (χ3v) is 3.04. The average molecular weight is 269 g/mol. The molecule has 18 heavy (non-hydrogen) atoms. The zero-order chi connectivity index (χ0) is 13.1. The number of hydrogen-bond acceptors (Lipinski definition) is 3. The highest BCUT2D eigenvalue weighted by Gasteiger charge is 2.15. The summed E-state index contributed by atoms with van der Waals surface area (Å²) in [5.41, 5.74) is 4.38. The standard InChI is InChI=1S/C12H14ClFN4/c1-2-18-7-9(6-16-18)12(17-15)8-3-4-11(14)10(13)5-8/h3-7,12,17H,2,15H2,1H3. The van der Waals surface area contributed by atoms with E-state index in [4.69, 9.17) is 17.4 Å². The number of nitrogens with two attached hydrogens (primary N) is 1. The lowest BCUT2D eigenvalue weighted by molar-refractivity contribution is 0.614. The summed E-state index contributed by atoms with van der Waals surface area (Å²) in [5.74, 6) is 5.11. The fourth-order valence-corrected chi connectivity index (χ4v) is 1.97. The van der Waals surface area contributed by atoms with Crippen LogP contribution in [0.4, 0.5) is 4.39 Å². The fraction of sp³-hybridized carbons (Fsp3) is 0.250. The number of nitrogens with one attached hydrogen (secondary N) is 1. The monoisotopic (exact) mass is 268 g/mol. The Bertz CT molecular complexity index is 541. The van der Waals surface area contributed by atoms with E-state index in [2.05, 4.69) is 10.5 Å². The van der Waals surface area contributed by atoms with E-state index in [1.807, 2.05) is 13.1 Å². The minimum atomic E-state index is -0.444. The molecule has 0 aliphatic carbocycles. The molecule has 4 nitrogen and oxygen atoms in total. The first-order valence-electron chi connectivity index (χ1n) is 5.59. The summed E-state index contributed by atoms with van der Waals surface area (Å²) in [7, 11) is 0. The van der Waals surface area contributed by atoms with Crippen molar-refractivity contribution >= 4 is 11.6 Å². The van der Waals surface area contributed by atoms with Crippen molar-refractivity contribution in [3.8, 4) is 0 Å². The summed E-state index contributed by atoms with van der Waals surface area (Å²) in [4.78, 5) is 0. The molecule has 0 bridgehead atoms. The lowest BCUT2D eigenvalue weighted by atomic mass is 10.0. The molecule has 1 aromatic carbocycles. The lowest BCUT2D eigenvalue weighted by Crippen LogP contribution is -2.28. The summed E-state index contributed by atoms with van der Waals surface area (Å²) >= 11 is 5.77. The molecule has 0 aliphatic heterocycles. The van der Waals surface area contributed by atoms with Crippen LogP contribution < -0.4 is 11.3 Å². The van der Waals surface area contributed by atoms with Gasteiger partial charge in [0.05, 0.1) is 17.3 Å². The molecule has 0 aliphatic rings. The van der Waals surface area contributed by atoms with E-state index >= 15 is 0 Å². The number of aromatic nitrogens is 2. The number of hydrazine groups is 1. The van der Waals surface area contributed by atoms with Crippen LogP contribution >= 0.6 is 11.6 Å². The first kappa shape index (κ1) is 13.0. The van der Waals surface area contributed by atoms with Gasteiger partial charge in [-0.2, -0.15) is 5.10 Å². The highest BCUT2D eigenvalue weighted by molar-refractivity contribution is 6.30. The van der Waals surface area contributed by atoms with Crippen LogP contribution in [0.15, 0.2) is 30.6 Å². The molecule has 0 saturated carbocycles. The van der Waals surface area contributed by atoms with E-state index in [0.717, 1.165) is 17.7 Å². The van der Waals surface area contributed by atoms with Gasteiger partial charge in [-0.3, -0.25) is 10.5 Å². The molecule has 1 unspecified atom stereocenters. The molecule has 6 heteroatoms. The number of nitrogens with zero attached hydrogens (tertiary/aromatic N) is 2. The van der Waals surface area contributed by atoms with Gasteiger partial charge in [-0.05, 0) is 24.6 Å². The topological polar surface area (TPSA) is 55.9 Å². The summed E-state index contributed by atoms with van der Waals surface area (Å²) in [6.07, 6.45) is 3.62. The van der Waals surface area contributed by atoms with Crippen LogP contribution in [0.2, 0.25) is 5.02 Å². The number of hydrogen-bond donors (Lipinski definition) is 2. The fourth-order valence-electron chi connectivity index (χ4n) is 1.78. The van der Waals surface area contributed by atoms with Crippen LogP contribution in [-0.4, -0.2) is 9.78 Å². The van der Waals surface area contributed by atoms with E-state index in [9.17, 15) is 4.39 Å². The van der Waals surface area contributed by atoms with Gasteiger partial charge >= 0.3 is 0 Å². The molecule has 0 fully saturated rings. The van der Waals surface area contributed by atoms with Crippen molar-refractivity contribution < 1.29 is 4.39 Å². The molecule has 0 spiro atoms. The van der Waals surface area contributed by atoms with Gasteiger partial charge in [0.15, 0.2) is 0 Å². The van der Waals surface area contributed by atoms with Gasteiger partial charge < -0.3 is 0 Å². The van der Waals surface area contributed by atoms with Crippen molar-refractivity contribution in [1.82, 2.24) is 15.2 Å².